The van der Waals surface area contributed by atoms with E-state index in [0.29, 0.717) is 24.4 Å². The molecule has 130 valence electrons. The molecule has 1 N–H and O–H groups in total. The molecule has 0 heterocycles. The minimum Gasteiger partial charge on any atom is -0.481 e. The van der Waals surface area contributed by atoms with Crippen molar-refractivity contribution in [3.8, 4) is 5.75 Å². The van der Waals surface area contributed by atoms with Gasteiger partial charge in [0.05, 0.1) is 11.9 Å². The molecular formula is C16H26N2O4S. The second kappa shape index (κ2) is 8.76. The van der Waals surface area contributed by atoms with E-state index in [-0.39, 0.29) is 5.91 Å². The highest BCUT2D eigenvalue weighted by Crippen LogP contribution is 2.21. The molecular weight excluding hydrogens is 316 g/mol. The molecule has 1 amide bonds. The van der Waals surface area contributed by atoms with Crippen molar-refractivity contribution >= 4 is 21.6 Å². The summed E-state index contributed by atoms with van der Waals surface area (Å²) in [6.07, 6.45) is 3.11. The van der Waals surface area contributed by atoms with Crippen LogP contribution in [0.15, 0.2) is 24.3 Å². The highest BCUT2D eigenvalue weighted by atomic mass is 32.2. The van der Waals surface area contributed by atoms with Gasteiger partial charge in [0.1, 0.15) is 5.75 Å². The number of ether oxygens (including phenoxy) is 1. The Bertz CT molecular complexity index is 599. The second-order valence-corrected chi connectivity index (χ2v) is 7.40. The maximum Gasteiger partial charge on any atom is 0.261 e. The number of anilines is 1. The third kappa shape index (κ3) is 6.09. The summed E-state index contributed by atoms with van der Waals surface area (Å²) in [7, 11) is -1.81. The monoisotopic (exact) mass is 342 g/mol. The first-order valence-electron chi connectivity index (χ1n) is 7.77. The van der Waals surface area contributed by atoms with E-state index in [4.69, 9.17) is 4.74 Å². The zero-order chi connectivity index (χ0) is 17.5. The van der Waals surface area contributed by atoms with Crippen molar-refractivity contribution in [1.82, 2.24) is 5.32 Å². The maximum atomic E-state index is 12.0. The number of carbonyl (C=O) groups is 1. The normalized spacial score (nSPS) is 12.5. The molecule has 0 aromatic heterocycles. The van der Waals surface area contributed by atoms with Crippen molar-refractivity contribution in [2.24, 2.45) is 0 Å². The van der Waals surface area contributed by atoms with Crippen LogP contribution in [0.1, 0.15) is 33.1 Å². The van der Waals surface area contributed by atoms with Crippen LogP contribution in [0.4, 0.5) is 5.69 Å². The number of benzene rings is 1. The van der Waals surface area contributed by atoms with Crippen LogP contribution < -0.4 is 14.4 Å². The zero-order valence-corrected chi connectivity index (χ0v) is 15.0. The number of nitrogens with one attached hydrogen (secondary N) is 1. The fraction of sp³-hybridized carbons (Fsp3) is 0.562. The average Bonchev–Trinajstić information content (AvgIpc) is 2.51. The van der Waals surface area contributed by atoms with Crippen molar-refractivity contribution in [3.05, 3.63) is 24.3 Å². The number of nitrogens with zero attached hydrogens (tertiary/aromatic N) is 1. The summed E-state index contributed by atoms with van der Waals surface area (Å²) in [5, 5.41) is 2.85. The summed E-state index contributed by atoms with van der Waals surface area (Å²) in [6.45, 7) is 4.60. The molecule has 7 heteroatoms. The molecule has 0 aliphatic carbocycles. The Balaban J connectivity index is 2.70. The molecule has 0 saturated heterocycles. The molecule has 0 saturated carbocycles. The highest BCUT2D eigenvalue weighted by Gasteiger charge is 2.18. The first-order valence-corrected chi connectivity index (χ1v) is 9.62. The molecule has 0 radical (unpaired) electrons. The summed E-state index contributed by atoms with van der Waals surface area (Å²) < 4.78 is 29.9. The topological polar surface area (TPSA) is 75.7 Å². The Labute approximate surface area is 138 Å². The van der Waals surface area contributed by atoms with Crippen LogP contribution in [0.3, 0.4) is 0 Å². The molecule has 1 unspecified atom stereocenters. The SMILES string of the molecule is CCCCNC(=O)C(CC)Oc1ccc(N(C)S(C)(=O)=O)cc1. The molecule has 1 aromatic carbocycles. The van der Waals surface area contributed by atoms with Gasteiger partial charge in [0.25, 0.3) is 5.91 Å². The number of hydrogen-bond donors (Lipinski definition) is 1. The largest absolute Gasteiger partial charge is 0.481 e. The Hall–Kier alpha value is -1.76. The van der Waals surface area contributed by atoms with Gasteiger partial charge in [-0.15, -0.1) is 0 Å². The molecule has 6 nitrogen and oxygen atoms in total. The highest BCUT2D eigenvalue weighted by molar-refractivity contribution is 7.92. The molecule has 0 fully saturated rings. The molecule has 0 aliphatic heterocycles. The average molecular weight is 342 g/mol. The van der Waals surface area contributed by atoms with Gasteiger partial charge in [0, 0.05) is 13.6 Å². The lowest BCUT2D eigenvalue weighted by Gasteiger charge is -2.19. The van der Waals surface area contributed by atoms with Gasteiger partial charge < -0.3 is 10.1 Å². The minimum absolute atomic E-state index is 0.127. The van der Waals surface area contributed by atoms with E-state index in [9.17, 15) is 13.2 Å². The fourth-order valence-electron chi connectivity index (χ4n) is 1.91. The van der Waals surface area contributed by atoms with Gasteiger partial charge in [-0.3, -0.25) is 9.10 Å². The molecule has 23 heavy (non-hydrogen) atoms. The van der Waals surface area contributed by atoms with Crippen LogP contribution in [-0.2, 0) is 14.8 Å². The maximum absolute atomic E-state index is 12.0. The molecule has 1 atom stereocenters. The molecule has 0 aliphatic rings. The van der Waals surface area contributed by atoms with E-state index in [1.807, 2.05) is 6.92 Å². The Morgan fingerprint density at radius 2 is 1.87 bits per heavy atom. The first kappa shape index (κ1) is 19.3. The van der Waals surface area contributed by atoms with Crippen molar-refractivity contribution in [2.45, 2.75) is 39.2 Å². The van der Waals surface area contributed by atoms with Crippen molar-refractivity contribution in [3.63, 3.8) is 0 Å². The Kier molecular flexibility index (Phi) is 7.35. The number of unbranched alkanes of at least 4 members (excludes halogenated alkanes) is 1. The lowest BCUT2D eigenvalue weighted by molar-refractivity contribution is -0.128. The predicted molar refractivity (Wildman–Crippen MR) is 92.3 cm³/mol. The Morgan fingerprint density at radius 3 is 2.35 bits per heavy atom. The quantitative estimate of drug-likeness (QED) is 0.698. The summed E-state index contributed by atoms with van der Waals surface area (Å²) in [4.78, 5) is 12.0. The third-order valence-electron chi connectivity index (χ3n) is 3.47. The number of sulfonamides is 1. The van der Waals surface area contributed by atoms with E-state index in [0.717, 1.165) is 19.1 Å². The lowest BCUT2D eigenvalue weighted by atomic mass is 10.2. The molecule has 0 spiro atoms. The van der Waals surface area contributed by atoms with Gasteiger partial charge in [0.15, 0.2) is 6.10 Å². The minimum atomic E-state index is -3.29. The summed E-state index contributed by atoms with van der Waals surface area (Å²) in [5.41, 5.74) is 0.542. The number of amides is 1. The summed E-state index contributed by atoms with van der Waals surface area (Å²) in [5.74, 6) is 0.409. The van der Waals surface area contributed by atoms with E-state index >= 15 is 0 Å². The zero-order valence-electron chi connectivity index (χ0n) is 14.2. The van der Waals surface area contributed by atoms with Gasteiger partial charge in [-0.2, -0.15) is 0 Å². The summed E-state index contributed by atoms with van der Waals surface area (Å²) >= 11 is 0. The number of carbonyl (C=O) groups excluding carboxylic acids is 1. The van der Waals surface area contributed by atoms with E-state index in [2.05, 4.69) is 12.2 Å². The van der Waals surface area contributed by atoms with Crippen LogP contribution in [0.5, 0.6) is 5.75 Å². The molecule has 1 rings (SSSR count). The van der Waals surface area contributed by atoms with Gasteiger partial charge in [-0.05, 0) is 37.1 Å². The van der Waals surface area contributed by atoms with E-state index in [1.54, 1.807) is 24.3 Å². The van der Waals surface area contributed by atoms with Crippen LogP contribution >= 0.6 is 0 Å². The van der Waals surface area contributed by atoms with Gasteiger partial charge in [0.2, 0.25) is 10.0 Å². The van der Waals surface area contributed by atoms with Gasteiger partial charge in [-0.25, -0.2) is 8.42 Å². The standard InChI is InChI=1S/C16H26N2O4S/c1-5-7-12-17-16(19)15(6-2)22-14-10-8-13(9-11-14)18(3)23(4,20)21/h8-11,15H,5-7,12H2,1-4H3,(H,17,19). The number of hydrogen-bond acceptors (Lipinski definition) is 4. The smallest absolute Gasteiger partial charge is 0.261 e. The first-order chi connectivity index (χ1) is 10.8. The number of rotatable bonds is 9. The third-order valence-corrected chi connectivity index (χ3v) is 4.67. The summed E-state index contributed by atoms with van der Waals surface area (Å²) in [6, 6.07) is 6.63. The van der Waals surface area contributed by atoms with Crippen LogP contribution in [0, 0.1) is 0 Å². The van der Waals surface area contributed by atoms with Crippen LogP contribution in [0.25, 0.3) is 0 Å². The Morgan fingerprint density at radius 1 is 1.26 bits per heavy atom. The molecule has 1 aromatic rings. The second-order valence-electron chi connectivity index (χ2n) is 5.38. The van der Waals surface area contributed by atoms with Crippen molar-refractivity contribution in [1.29, 1.82) is 0 Å². The van der Waals surface area contributed by atoms with Gasteiger partial charge >= 0.3 is 0 Å². The van der Waals surface area contributed by atoms with E-state index < -0.39 is 16.1 Å². The van der Waals surface area contributed by atoms with Crippen LogP contribution in [-0.4, -0.2) is 40.3 Å². The fourth-order valence-corrected chi connectivity index (χ4v) is 2.42. The van der Waals surface area contributed by atoms with Crippen molar-refractivity contribution < 1.29 is 17.9 Å². The van der Waals surface area contributed by atoms with E-state index in [1.165, 1.54) is 11.4 Å². The predicted octanol–water partition coefficient (Wildman–Crippen LogP) is 2.16. The van der Waals surface area contributed by atoms with Crippen LogP contribution in [0.2, 0.25) is 0 Å². The molecule has 0 bridgehead atoms. The van der Waals surface area contributed by atoms with Crippen molar-refractivity contribution in [2.75, 3.05) is 24.2 Å². The van der Waals surface area contributed by atoms with Gasteiger partial charge in [-0.1, -0.05) is 20.3 Å². The lowest BCUT2D eigenvalue weighted by Crippen LogP contribution is -2.38.